The molecule has 0 saturated carbocycles. The Hall–Kier alpha value is -3.79. The third-order valence-corrected chi connectivity index (χ3v) is 9.04. The van der Waals surface area contributed by atoms with E-state index in [9.17, 15) is 14.3 Å². The van der Waals surface area contributed by atoms with Crippen molar-refractivity contribution in [2.75, 3.05) is 19.7 Å². The van der Waals surface area contributed by atoms with Gasteiger partial charge in [-0.25, -0.2) is 19.2 Å². The normalized spacial score (nSPS) is 20.5. The molecule has 0 spiro atoms. The van der Waals surface area contributed by atoms with Crippen LogP contribution < -0.4 is 4.74 Å². The number of nitrogens with zero attached hydrogens (tertiary/aromatic N) is 4. The Balaban J connectivity index is 1.09. The fourth-order valence-corrected chi connectivity index (χ4v) is 6.53. The van der Waals surface area contributed by atoms with E-state index < -0.39 is 12.1 Å². The van der Waals surface area contributed by atoms with Crippen LogP contribution in [0.1, 0.15) is 69.9 Å². The van der Waals surface area contributed by atoms with Gasteiger partial charge in [-0.2, -0.15) is 0 Å². The zero-order valence-electron chi connectivity index (χ0n) is 23.8. The van der Waals surface area contributed by atoms with Crippen LogP contribution in [0.5, 0.6) is 5.75 Å². The topological polar surface area (TPSA) is 89.7 Å². The summed E-state index contributed by atoms with van der Waals surface area (Å²) in [5.74, 6) is 0.578. The minimum Gasteiger partial charge on any atom is -0.481 e. The molecule has 10 heteroatoms. The number of hydrogen-bond acceptors (Lipinski definition) is 6. The maximum atomic E-state index is 14.7. The summed E-state index contributed by atoms with van der Waals surface area (Å²) >= 11 is 5.97. The van der Waals surface area contributed by atoms with Gasteiger partial charge in [-0.1, -0.05) is 41.9 Å². The van der Waals surface area contributed by atoms with Crippen molar-refractivity contribution in [2.45, 2.75) is 57.4 Å². The van der Waals surface area contributed by atoms with E-state index in [2.05, 4.69) is 22.0 Å². The molecule has 1 N–H and O–H groups in total. The number of piperidine rings is 1. The van der Waals surface area contributed by atoms with Gasteiger partial charge in [0.05, 0.1) is 19.2 Å². The molecule has 2 aromatic heterocycles. The van der Waals surface area contributed by atoms with Crippen LogP contribution in [0, 0.1) is 12.7 Å². The van der Waals surface area contributed by atoms with Crippen molar-refractivity contribution in [2.24, 2.45) is 0 Å². The summed E-state index contributed by atoms with van der Waals surface area (Å²) in [7, 11) is 0. The molecular formula is C33H32ClFN4O4. The standard InChI is InChI=1S/C33H32ClFN4O4/c1-19-15-27-32(37-30(19)33(40)41)39(17-23-11-14-42-23)29(36-27)18-38-12-9-20(10-13-38)24-4-2-3-21-5-8-28(43-31(21)24)25-7-6-22(34)16-26(25)35/h2-8,15-16,20,23,28H,9-14,17-18H2,1H3,(H,40,41). The van der Waals surface area contributed by atoms with Crippen LogP contribution in [-0.4, -0.2) is 56.3 Å². The Bertz CT molecular complexity index is 1740. The van der Waals surface area contributed by atoms with Crippen molar-refractivity contribution < 1.29 is 23.8 Å². The predicted molar refractivity (Wildman–Crippen MR) is 161 cm³/mol. The van der Waals surface area contributed by atoms with Gasteiger partial charge in [0.25, 0.3) is 0 Å². The van der Waals surface area contributed by atoms with Crippen molar-refractivity contribution in [3.63, 3.8) is 0 Å². The Morgan fingerprint density at radius 2 is 1.93 bits per heavy atom. The number of carboxylic acids is 1. The predicted octanol–water partition coefficient (Wildman–Crippen LogP) is 6.55. The van der Waals surface area contributed by atoms with E-state index in [1.165, 1.54) is 6.07 Å². The lowest BCUT2D eigenvalue weighted by atomic mass is 9.87. The Morgan fingerprint density at radius 1 is 1.12 bits per heavy atom. The SMILES string of the molecule is Cc1cc2nc(CN3CCC(c4cccc5c4OC(c4ccc(Cl)cc4F)C=C5)CC3)n(CC3CCO3)c2nc1C(=O)O. The van der Waals surface area contributed by atoms with Crippen LogP contribution in [0.3, 0.4) is 0 Å². The van der Waals surface area contributed by atoms with Gasteiger partial charge in [0.1, 0.15) is 29.0 Å². The summed E-state index contributed by atoms with van der Waals surface area (Å²) in [6.07, 6.45) is 6.31. The number of ether oxygens (including phenoxy) is 2. The molecule has 0 radical (unpaired) electrons. The largest absolute Gasteiger partial charge is 0.481 e. The second-order valence-corrected chi connectivity index (χ2v) is 12.0. The van der Waals surface area contributed by atoms with Gasteiger partial charge in [0.2, 0.25) is 0 Å². The quantitative estimate of drug-likeness (QED) is 0.257. The summed E-state index contributed by atoms with van der Waals surface area (Å²) in [6.45, 7) is 5.48. The first-order valence-electron chi connectivity index (χ1n) is 14.7. The Kier molecular flexibility index (Phi) is 7.41. The number of halogens is 2. The first-order valence-corrected chi connectivity index (χ1v) is 15.1. The monoisotopic (exact) mass is 602 g/mol. The van der Waals surface area contributed by atoms with Gasteiger partial charge in [0.15, 0.2) is 11.3 Å². The van der Waals surface area contributed by atoms with E-state index in [0.717, 1.165) is 61.7 Å². The molecule has 7 rings (SSSR count). The lowest BCUT2D eigenvalue weighted by molar-refractivity contribution is -0.0593. The number of fused-ring (bicyclic) bond motifs is 2. The summed E-state index contributed by atoms with van der Waals surface area (Å²) in [6, 6.07) is 12.7. The second kappa shape index (κ2) is 11.4. The first kappa shape index (κ1) is 28.0. The molecule has 0 bridgehead atoms. The van der Waals surface area contributed by atoms with Crippen molar-refractivity contribution in [1.29, 1.82) is 0 Å². The number of likely N-dealkylation sites (tertiary alicyclic amines) is 1. The maximum Gasteiger partial charge on any atom is 0.354 e. The highest BCUT2D eigenvalue weighted by atomic mass is 35.5. The van der Waals surface area contributed by atoms with Crippen molar-refractivity contribution in [3.05, 3.63) is 93.2 Å². The molecule has 4 aromatic rings. The van der Waals surface area contributed by atoms with Gasteiger partial charge in [-0.15, -0.1) is 0 Å². The van der Waals surface area contributed by atoms with Gasteiger partial charge in [-0.3, -0.25) is 4.90 Å². The van der Waals surface area contributed by atoms with Gasteiger partial charge in [-0.05, 0) is 80.6 Å². The van der Waals surface area contributed by atoms with E-state index in [4.69, 9.17) is 26.1 Å². The number of imidazole rings is 1. The number of aromatic carboxylic acids is 1. The third-order valence-electron chi connectivity index (χ3n) is 8.81. The summed E-state index contributed by atoms with van der Waals surface area (Å²) in [5.41, 5.74) is 4.57. The molecule has 3 aliphatic rings. The molecule has 3 aliphatic heterocycles. The molecule has 0 amide bonds. The van der Waals surface area contributed by atoms with Crippen LogP contribution in [0.15, 0.2) is 48.5 Å². The highest BCUT2D eigenvalue weighted by Crippen LogP contribution is 2.42. The number of aromatic nitrogens is 3. The zero-order chi connectivity index (χ0) is 29.7. The zero-order valence-corrected chi connectivity index (χ0v) is 24.6. The molecule has 2 atom stereocenters. The average molecular weight is 603 g/mol. The fourth-order valence-electron chi connectivity index (χ4n) is 6.37. The van der Waals surface area contributed by atoms with Gasteiger partial charge < -0.3 is 19.1 Å². The number of rotatable bonds is 7. The van der Waals surface area contributed by atoms with E-state index in [-0.39, 0.29) is 17.6 Å². The molecular weight excluding hydrogens is 571 g/mol. The second-order valence-electron chi connectivity index (χ2n) is 11.6. The van der Waals surface area contributed by atoms with E-state index in [1.54, 1.807) is 19.1 Å². The highest BCUT2D eigenvalue weighted by Gasteiger charge is 2.29. The molecule has 2 aromatic carbocycles. The lowest BCUT2D eigenvalue weighted by Crippen LogP contribution is -2.35. The molecule has 2 saturated heterocycles. The van der Waals surface area contributed by atoms with Crippen molar-refractivity contribution >= 4 is 34.8 Å². The van der Waals surface area contributed by atoms with Crippen LogP contribution >= 0.6 is 11.6 Å². The average Bonchev–Trinajstić information content (AvgIpc) is 3.29. The third kappa shape index (κ3) is 5.41. The maximum absolute atomic E-state index is 14.7. The molecule has 2 unspecified atom stereocenters. The molecule has 5 heterocycles. The number of aryl methyl sites for hydroxylation is 1. The lowest BCUT2D eigenvalue weighted by Gasteiger charge is -2.34. The molecule has 222 valence electrons. The van der Waals surface area contributed by atoms with Gasteiger partial charge >= 0.3 is 5.97 Å². The minimum atomic E-state index is -1.04. The van der Waals surface area contributed by atoms with Crippen LogP contribution in [-0.2, 0) is 17.8 Å². The summed E-state index contributed by atoms with van der Waals surface area (Å²) < 4.78 is 28.9. The first-order chi connectivity index (χ1) is 20.8. The molecule has 43 heavy (non-hydrogen) atoms. The molecule has 8 nitrogen and oxygen atoms in total. The van der Waals surface area contributed by atoms with Crippen LogP contribution in [0.4, 0.5) is 4.39 Å². The molecule has 2 fully saturated rings. The van der Waals surface area contributed by atoms with Crippen LogP contribution in [0.25, 0.3) is 17.2 Å². The van der Waals surface area contributed by atoms with E-state index >= 15 is 0 Å². The number of carboxylic acid groups (broad SMARTS) is 1. The van der Waals surface area contributed by atoms with Crippen molar-refractivity contribution in [1.82, 2.24) is 19.4 Å². The van der Waals surface area contributed by atoms with Crippen molar-refractivity contribution in [3.8, 4) is 5.75 Å². The highest BCUT2D eigenvalue weighted by molar-refractivity contribution is 6.30. The van der Waals surface area contributed by atoms with Gasteiger partial charge in [0, 0.05) is 22.8 Å². The Labute approximate surface area is 253 Å². The minimum absolute atomic E-state index is 0.0554. The molecule has 0 aliphatic carbocycles. The van der Waals surface area contributed by atoms with E-state index in [1.807, 2.05) is 28.9 Å². The van der Waals surface area contributed by atoms with Crippen LogP contribution in [0.2, 0.25) is 5.02 Å². The number of hydrogen-bond donors (Lipinski definition) is 1. The summed E-state index contributed by atoms with van der Waals surface area (Å²) in [5, 5.41) is 10.0. The summed E-state index contributed by atoms with van der Waals surface area (Å²) in [4.78, 5) is 23.6. The number of benzene rings is 2. The number of pyridine rings is 1. The number of para-hydroxylation sites is 1. The van der Waals surface area contributed by atoms with E-state index in [0.29, 0.717) is 46.3 Å². The Morgan fingerprint density at radius 3 is 2.65 bits per heavy atom. The fraction of sp³-hybridized carbons (Fsp3) is 0.364. The smallest absolute Gasteiger partial charge is 0.354 e. The number of carbonyl (C=O) groups is 1.